The van der Waals surface area contributed by atoms with Gasteiger partial charge in [0, 0.05) is 12.1 Å². The van der Waals surface area contributed by atoms with Crippen LogP contribution >= 0.6 is 0 Å². The number of oxazole rings is 1. The lowest BCUT2D eigenvalue weighted by molar-refractivity contribution is -0.0272. The maximum atomic E-state index is 5.90. The van der Waals surface area contributed by atoms with Crippen molar-refractivity contribution in [1.29, 1.82) is 0 Å². The van der Waals surface area contributed by atoms with Gasteiger partial charge in [0.25, 0.3) is 0 Å². The van der Waals surface area contributed by atoms with Gasteiger partial charge in [-0.15, -0.1) is 0 Å². The summed E-state index contributed by atoms with van der Waals surface area (Å²) in [6.45, 7) is 2.62. The van der Waals surface area contributed by atoms with Gasteiger partial charge in [-0.3, -0.25) is 4.98 Å². The summed E-state index contributed by atoms with van der Waals surface area (Å²) in [7, 11) is 0. The maximum Gasteiger partial charge on any atom is 0.229 e. The van der Waals surface area contributed by atoms with E-state index in [0.29, 0.717) is 24.6 Å². The van der Waals surface area contributed by atoms with E-state index in [1.54, 1.807) is 6.26 Å². The lowest BCUT2D eigenvalue weighted by atomic mass is 9.95. The molecular formula is C19H18N2O3. The van der Waals surface area contributed by atoms with Crippen LogP contribution in [0.4, 0.5) is 0 Å². The number of benzene rings is 1. The summed E-state index contributed by atoms with van der Waals surface area (Å²) in [5, 5.41) is 0. The normalized spacial score (nSPS) is 20.4. The first kappa shape index (κ1) is 15.1. The van der Waals surface area contributed by atoms with Crippen molar-refractivity contribution < 1.29 is 13.9 Å². The van der Waals surface area contributed by atoms with Gasteiger partial charge in [-0.2, -0.15) is 0 Å². The summed E-state index contributed by atoms with van der Waals surface area (Å²) in [6.07, 6.45) is 2.28. The van der Waals surface area contributed by atoms with Gasteiger partial charge in [-0.1, -0.05) is 36.4 Å². The van der Waals surface area contributed by atoms with Gasteiger partial charge < -0.3 is 13.9 Å². The number of hydrogen-bond donors (Lipinski definition) is 0. The van der Waals surface area contributed by atoms with Crippen molar-refractivity contribution in [2.24, 2.45) is 0 Å². The summed E-state index contributed by atoms with van der Waals surface area (Å²) in [6, 6.07) is 16.0. The highest BCUT2D eigenvalue weighted by atomic mass is 16.7. The lowest BCUT2D eigenvalue weighted by Crippen LogP contribution is -2.31. The smallest absolute Gasteiger partial charge is 0.229 e. The molecular weight excluding hydrogens is 304 g/mol. The lowest BCUT2D eigenvalue weighted by Gasteiger charge is -2.22. The molecule has 0 spiro atoms. The standard InChI is InChI=1S/C19H18N2O3/c1-14-6-5-9-16(20-14)17-11-23-18(21-17)19(12-22-13-24-19)10-15-7-3-2-4-8-15/h2-9,11H,10,12-13H2,1H3. The highest BCUT2D eigenvalue weighted by molar-refractivity contribution is 5.52. The fraction of sp³-hybridized carbons (Fsp3) is 0.263. The first-order chi connectivity index (χ1) is 11.8. The van der Waals surface area contributed by atoms with Crippen LogP contribution in [0.1, 0.15) is 17.1 Å². The summed E-state index contributed by atoms with van der Waals surface area (Å²) in [4.78, 5) is 9.13. The quantitative estimate of drug-likeness (QED) is 0.736. The molecule has 1 saturated heterocycles. The Labute approximate surface area is 140 Å². The second-order valence-corrected chi connectivity index (χ2v) is 5.97. The Balaban J connectivity index is 1.67. The molecule has 0 radical (unpaired) electrons. The number of aryl methyl sites for hydroxylation is 1. The van der Waals surface area contributed by atoms with Crippen molar-refractivity contribution in [3.8, 4) is 11.4 Å². The Bertz CT molecular complexity index is 823. The number of hydrogen-bond acceptors (Lipinski definition) is 5. The van der Waals surface area contributed by atoms with E-state index in [-0.39, 0.29) is 6.79 Å². The van der Waals surface area contributed by atoms with Gasteiger partial charge in [0.1, 0.15) is 18.8 Å². The maximum absolute atomic E-state index is 5.90. The first-order valence-electron chi connectivity index (χ1n) is 7.91. The largest absolute Gasteiger partial charge is 0.445 e. The molecule has 2 aromatic heterocycles. The molecule has 0 aliphatic carbocycles. The van der Waals surface area contributed by atoms with Crippen LogP contribution in [0.15, 0.2) is 59.2 Å². The number of nitrogens with zero attached hydrogens (tertiary/aromatic N) is 2. The second kappa shape index (κ2) is 6.19. The number of ether oxygens (including phenoxy) is 2. The molecule has 5 nitrogen and oxygen atoms in total. The van der Waals surface area contributed by atoms with Crippen LogP contribution in [0.5, 0.6) is 0 Å². The van der Waals surface area contributed by atoms with Crippen molar-refractivity contribution in [2.45, 2.75) is 18.9 Å². The molecule has 122 valence electrons. The van der Waals surface area contributed by atoms with Crippen LogP contribution < -0.4 is 0 Å². The summed E-state index contributed by atoms with van der Waals surface area (Å²) in [5.41, 5.74) is 2.90. The molecule has 3 heterocycles. The Morgan fingerprint density at radius 2 is 1.88 bits per heavy atom. The summed E-state index contributed by atoms with van der Waals surface area (Å²) < 4.78 is 17.2. The molecule has 5 heteroatoms. The minimum absolute atomic E-state index is 0.243. The Morgan fingerprint density at radius 1 is 1.00 bits per heavy atom. The van der Waals surface area contributed by atoms with Crippen LogP contribution in [-0.4, -0.2) is 23.4 Å². The van der Waals surface area contributed by atoms with Crippen molar-refractivity contribution >= 4 is 0 Å². The topological polar surface area (TPSA) is 57.4 Å². The SMILES string of the molecule is Cc1cccc(-c2coc(C3(Cc4ccccc4)COCO3)n2)n1. The van der Waals surface area contributed by atoms with Gasteiger partial charge in [-0.25, -0.2) is 4.98 Å². The average Bonchev–Trinajstić information content (AvgIpc) is 3.26. The molecule has 0 bridgehead atoms. The van der Waals surface area contributed by atoms with E-state index in [2.05, 4.69) is 22.1 Å². The third-order valence-corrected chi connectivity index (χ3v) is 4.13. The molecule has 1 atom stereocenters. The van der Waals surface area contributed by atoms with Crippen LogP contribution in [0.3, 0.4) is 0 Å². The Hall–Kier alpha value is -2.50. The monoisotopic (exact) mass is 322 g/mol. The Morgan fingerprint density at radius 3 is 2.62 bits per heavy atom. The molecule has 0 saturated carbocycles. The molecule has 1 aliphatic heterocycles. The minimum Gasteiger partial charge on any atom is -0.445 e. The van der Waals surface area contributed by atoms with Gasteiger partial charge in [0.05, 0.1) is 12.3 Å². The van der Waals surface area contributed by atoms with E-state index in [4.69, 9.17) is 13.9 Å². The van der Waals surface area contributed by atoms with E-state index >= 15 is 0 Å². The zero-order valence-electron chi connectivity index (χ0n) is 13.4. The van der Waals surface area contributed by atoms with E-state index in [0.717, 1.165) is 17.0 Å². The van der Waals surface area contributed by atoms with Gasteiger partial charge in [-0.05, 0) is 24.6 Å². The van der Waals surface area contributed by atoms with Crippen molar-refractivity contribution in [2.75, 3.05) is 13.4 Å². The second-order valence-electron chi connectivity index (χ2n) is 5.97. The molecule has 1 aromatic carbocycles. The van der Waals surface area contributed by atoms with E-state index < -0.39 is 5.60 Å². The average molecular weight is 322 g/mol. The minimum atomic E-state index is -0.691. The molecule has 4 rings (SSSR count). The van der Waals surface area contributed by atoms with Crippen molar-refractivity contribution in [3.05, 3.63) is 71.9 Å². The number of aromatic nitrogens is 2. The van der Waals surface area contributed by atoms with Crippen LogP contribution in [0, 0.1) is 6.92 Å². The third kappa shape index (κ3) is 2.84. The van der Waals surface area contributed by atoms with E-state index in [9.17, 15) is 0 Å². The van der Waals surface area contributed by atoms with Crippen molar-refractivity contribution in [3.63, 3.8) is 0 Å². The van der Waals surface area contributed by atoms with Crippen LogP contribution in [0.2, 0.25) is 0 Å². The predicted octanol–water partition coefficient (Wildman–Crippen LogP) is 3.49. The van der Waals surface area contributed by atoms with E-state index in [1.807, 2.05) is 43.3 Å². The molecule has 1 aliphatic rings. The zero-order chi connectivity index (χ0) is 16.4. The van der Waals surface area contributed by atoms with Crippen LogP contribution in [0.25, 0.3) is 11.4 Å². The van der Waals surface area contributed by atoms with Crippen molar-refractivity contribution in [1.82, 2.24) is 9.97 Å². The van der Waals surface area contributed by atoms with Crippen LogP contribution in [-0.2, 0) is 21.5 Å². The Kier molecular flexibility index (Phi) is 3.88. The van der Waals surface area contributed by atoms with Gasteiger partial charge in [0.15, 0.2) is 5.60 Å². The molecule has 1 fully saturated rings. The summed E-state index contributed by atoms with van der Waals surface area (Å²) in [5.74, 6) is 0.530. The van der Waals surface area contributed by atoms with Gasteiger partial charge >= 0.3 is 0 Å². The molecule has 1 unspecified atom stereocenters. The number of pyridine rings is 1. The zero-order valence-corrected chi connectivity index (χ0v) is 13.4. The summed E-state index contributed by atoms with van der Waals surface area (Å²) >= 11 is 0. The highest BCUT2D eigenvalue weighted by Crippen LogP contribution is 2.35. The molecule has 3 aromatic rings. The molecule has 0 amide bonds. The molecule has 24 heavy (non-hydrogen) atoms. The predicted molar refractivity (Wildman–Crippen MR) is 88.2 cm³/mol. The number of rotatable bonds is 4. The van der Waals surface area contributed by atoms with E-state index in [1.165, 1.54) is 0 Å². The first-order valence-corrected chi connectivity index (χ1v) is 7.91. The fourth-order valence-corrected chi connectivity index (χ4v) is 2.92. The third-order valence-electron chi connectivity index (χ3n) is 4.13. The fourth-order valence-electron chi connectivity index (χ4n) is 2.92. The highest BCUT2D eigenvalue weighted by Gasteiger charge is 2.43. The molecule has 0 N–H and O–H groups in total. The van der Waals surface area contributed by atoms with Gasteiger partial charge in [0.2, 0.25) is 5.89 Å².